The number of rotatable bonds is 6. The van der Waals surface area contributed by atoms with Gasteiger partial charge in [0.15, 0.2) is 0 Å². The first-order valence-corrected chi connectivity index (χ1v) is 7.32. The van der Waals surface area contributed by atoms with E-state index in [1.807, 2.05) is 36.4 Å². The fraction of sp³-hybridized carbons (Fsp3) is 0.250. The molecule has 2 heteroatoms. The Balaban J connectivity index is 2.00. The lowest BCUT2D eigenvalue weighted by atomic mass is 10.1. The monoisotopic (exact) mass is 304 g/mol. The molecule has 0 aliphatic carbocycles. The minimum absolute atomic E-state index is 0.217. The molecule has 1 unspecified atom stereocenters. The Bertz CT molecular complexity index is 400. The van der Waals surface area contributed by atoms with Gasteiger partial charge in [-0.3, -0.25) is 0 Å². The number of alkyl halides is 1. The molecule has 1 atom stereocenters. The molecule has 0 heterocycles. The van der Waals surface area contributed by atoms with Crippen LogP contribution >= 0.6 is 15.9 Å². The van der Waals surface area contributed by atoms with Crippen molar-refractivity contribution in [3.05, 3.63) is 66.2 Å². The van der Waals surface area contributed by atoms with Gasteiger partial charge in [-0.2, -0.15) is 0 Å². The highest BCUT2D eigenvalue weighted by molar-refractivity contribution is 9.09. The molecule has 0 radical (unpaired) electrons. The SMILES string of the molecule is BrCCC(Cc1ccccc1)Oc1ccccc1. The molecular weight excluding hydrogens is 288 g/mol. The van der Waals surface area contributed by atoms with Crippen molar-refractivity contribution in [2.45, 2.75) is 18.9 Å². The van der Waals surface area contributed by atoms with E-state index in [0.717, 1.165) is 23.9 Å². The summed E-state index contributed by atoms with van der Waals surface area (Å²) < 4.78 is 6.03. The van der Waals surface area contributed by atoms with Gasteiger partial charge in [-0.1, -0.05) is 64.5 Å². The summed E-state index contributed by atoms with van der Waals surface area (Å²) in [5.41, 5.74) is 1.32. The first kappa shape index (κ1) is 13.2. The van der Waals surface area contributed by atoms with Crippen LogP contribution in [0, 0.1) is 0 Å². The van der Waals surface area contributed by atoms with Crippen molar-refractivity contribution < 1.29 is 4.74 Å². The van der Waals surface area contributed by atoms with Gasteiger partial charge >= 0.3 is 0 Å². The molecule has 0 N–H and O–H groups in total. The minimum Gasteiger partial charge on any atom is -0.490 e. The van der Waals surface area contributed by atoms with Crippen LogP contribution in [0.15, 0.2) is 60.7 Å². The summed E-state index contributed by atoms with van der Waals surface area (Å²) in [7, 11) is 0. The van der Waals surface area contributed by atoms with Crippen molar-refractivity contribution in [3.8, 4) is 5.75 Å². The molecule has 0 fully saturated rings. The quantitative estimate of drug-likeness (QED) is 0.716. The van der Waals surface area contributed by atoms with Crippen LogP contribution in [0.4, 0.5) is 0 Å². The summed E-state index contributed by atoms with van der Waals surface area (Å²) in [4.78, 5) is 0. The molecule has 0 aromatic heterocycles. The summed E-state index contributed by atoms with van der Waals surface area (Å²) in [6.45, 7) is 0. The van der Waals surface area contributed by atoms with Crippen molar-refractivity contribution in [1.82, 2.24) is 0 Å². The highest BCUT2D eigenvalue weighted by Crippen LogP contribution is 2.16. The van der Waals surface area contributed by atoms with Gasteiger partial charge in [0.05, 0.1) is 0 Å². The van der Waals surface area contributed by atoms with E-state index < -0.39 is 0 Å². The molecule has 0 saturated carbocycles. The zero-order valence-electron chi connectivity index (χ0n) is 10.3. The van der Waals surface area contributed by atoms with Crippen molar-refractivity contribution in [2.75, 3.05) is 5.33 Å². The molecule has 0 aliphatic heterocycles. The molecule has 1 nitrogen and oxygen atoms in total. The van der Waals surface area contributed by atoms with Crippen LogP contribution < -0.4 is 4.74 Å². The molecule has 0 bridgehead atoms. The van der Waals surface area contributed by atoms with E-state index in [4.69, 9.17) is 4.74 Å². The van der Waals surface area contributed by atoms with Gasteiger partial charge in [-0.05, 0) is 24.1 Å². The summed E-state index contributed by atoms with van der Waals surface area (Å²) in [5.74, 6) is 0.944. The second kappa shape index (κ2) is 7.22. The summed E-state index contributed by atoms with van der Waals surface area (Å²) >= 11 is 3.50. The second-order valence-electron chi connectivity index (χ2n) is 4.22. The molecule has 18 heavy (non-hydrogen) atoms. The van der Waals surface area contributed by atoms with E-state index in [1.165, 1.54) is 5.56 Å². The van der Waals surface area contributed by atoms with E-state index in [2.05, 4.69) is 40.2 Å². The smallest absolute Gasteiger partial charge is 0.119 e. The lowest BCUT2D eigenvalue weighted by Crippen LogP contribution is -2.20. The predicted molar refractivity (Wildman–Crippen MR) is 79.4 cm³/mol. The van der Waals surface area contributed by atoms with Crippen LogP contribution in [-0.4, -0.2) is 11.4 Å². The molecule has 2 aromatic carbocycles. The van der Waals surface area contributed by atoms with Gasteiger partial charge in [0.1, 0.15) is 11.9 Å². The van der Waals surface area contributed by atoms with Gasteiger partial charge in [-0.15, -0.1) is 0 Å². The predicted octanol–water partition coefficient (Wildman–Crippen LogP) is 4.46. The van der Waals surface area contributed by atoms with E-state index in [0.29, 0.717) is 0 Å². The van der Waals surface area contributed by atoms with Crippen LogP contribution in [0.3, 0.4) is 0 Å². The molecule has 0 aliphatic rings. The van der Waals surface area contributed by atoms with E-state index in [-0.39, 0.29) is 6.10 Å². The Morgan fingerprint density at radius 3 is 2.11 bits per heavy atom. The first-order valence-electron chi connectivity index (χ1n) is 6.20. The Morgan fingerprint density at radius 1 is 0.889 bits per heavy atom. The first-order chi connectivity index (χ1) is 8.88. The average molecular weight is 305 g/mol. The van der Waals surface area contributed by atoms with Crippen LogP contribution in [0.5, 0.6) is 5.75 Å². The molecule has 0 spiro atoms. The van der Waals surface area contributed by atoms with Crippen molar-refractivity contribution >= 4 is 15.9 Å². The Kier molecular flexibility index (Phi) is 5.28. The standard InChI is InChI=1S/C16H17BrO/c17-12-11-16(13-14-7-3-1-4-8-14)18-15-9-5-2-6-10-15/h1-10,16H,11-13H2. The van der Waals surface area contributed by atoms with Gasteiger partial charge < -0.3 is 4.74 Å². The van der Waals surface area contributed by atoms with Gasteiger partial charge in [-0.25, -0.2) is 0 Å². The molecular formula is C16H17BrO. The van der Waals surface area contributed by atoms with Crippen molar-refractivity contribution in [3.63, 3.8) is 0 Å². The maximum absolute atomic E-state index is 6.03. The number of hydrogen-bond acceptors (Lipinski definition) is 1. The minimum atomic E-state index is 0.217. The van der Waals surface area contributed by atoms with Gasteiger partial charge in [0.2, 0.25) is 0 Å². The lowest BCUT2D eigenvalue weighted by Gasteiger charge is -2.18. The van der Waals surface area contributed by atoms with Crippen molar-refractivity contribution in [1.29, 1.82) is 0 Å². The summed E-state index contributed by atoms with van der Waals surface area (Å²) in [6.07, 6.45) is 2.17. The third kappa shape index (κ3) is 4.19. The summed E-state index contributed by atoms with van der Waals surface area (Å²) in [6, 6.07) is 20.5. The topological polar surface area (TPSA) is 9.23 Å². The normalized spacial score (nSPS) is 12.1. The van der Waals surface area contributed by atoms with E-state index in [1.54, 1.807) is 0 Å². The van der Waals surface area contributed by atoms with Gasteiger partial charge in [0, 0.05) is 11.8 Å². The fourth-order valence-corrected chi connectivity index (χ4v) is 2.40. The number of ether oxygens (including phenoxy) is 1. The largest absolute Gasteiger partial charge is 0.490 e. The number of hydrogen-bond donors (Lipinski definition) is 0. The highest BCUT2D eigenvalue weighted by Gasteiger charge is 2.10. The maximum Gasteiger partial charge on any atom is 0.119 e. The fourth-order valence-electron chi connectivity index (χ4n) is 1.89. The Hall–Kier alpha value is -1.28. The number of para-hydroxylation sites is 1. The Labute approximate surface area is 117 Å². The highest BCUT2D eigenvalue weighted by atomic mass is 79.9. The van der Waals surface area contributed by atoms with Gasteiger partial charge in [0.25, 0.3) is 0 Å². The van der Waals surface area contributed by atoms with Crippen molar-refractivity contribution in [2.24, 2.45) is 0 Å². The molecule has 2 rings (SSSR count). The van der Waals surface area contributed by atoms with Crippen LogP contribution in [0.2, 0.25) is 0 Å². The number of benzene rings is 2. The molecule has 0 saturated heterocycles. The zero-order chi connectivity index (χ0) is 12.6. The lowest BCUT2D eigenvalue weighted by molar-refractivity contribution is 0.199. The molecule has 94 valence electrons. The van der Waals surface area contributed by atoms with Crippen LogP contribution in [0.1, 0.15) is 12.0 Å². The third-order valence-corrected chi connectivity index (χ3v) is 3.24. The zero-order valence-corrected chi connectivity index (χ0v) is 11.8. The third-order valence-electron chi connectivity index (χ3n) is 2.78. The van der Waals surface area contributed by atoms with E-state index in [9.17, 15) is 0 Å². The second-order valence-corrected chi connectivity index (χ2v) is 5.01. The van der Waals surface area contributed by atoms with Crippen LogP contribution in [-0.2, 0) is 6.42 Å². The summed E-state index contributed by atoms with van der Waals surface area (Å²) in [5, 5.41) is 0.956. The Morgan fingerprint density at radius 2 is 1.50 bits per heavy atom. The van der Waals surface area contributed by atoms with Crippen LogP contribution in [0.25, 0.3) is 0 Å². The van der Waals surface area contributed by atoms with E-state index >= 15 is 0 Å². The maximum atomic E-state index is 6.03. The molecule has 2 aromatic rings. The number of halogens is 1. The average Bonchev–Trinajstić information content (AvgIpc) is 2.41. The molecule has 0 amide bonds.